The summed E-state index contributed by atoms with van der Waals surface area (Å²) in [4.78, 5) is 36.4. The highest BCUT2D eigenvalue weighted by Gasteiger charge is 2.51. The van der Waals surface area contributed by atoms with E-state index >= 15 is 0 Å². The van der Waals surface area contributed by atoms with Crippen molar-refractivity contribution in [3.8, 4) is 0 Å². The molecule has 0 aromatic carbocycles. The molecule has 220 valence electrons. The van der Waals surface area contributed by atoms with Crippen molar-refractivity contribution in [3.63, 3.8) is 0 Å². The number of aromatic amines is 1. The summed E-state index contributed by atoms with van der Waals surface area (Å²) in [6.07, 6.45) is -1.72. The fraction of sp³-hybridized carbons (Fsp3) is 0.769. The summed E-state index contributed by atoms with van der Waals surface area (Å²) in [5.74, 6) is -0.558. The Kier molecular flexibility index (Phi) is 8.77. The van der Waals surface area contributed by atoms with E-state index in [1.54, 1.807) is 18.4 Å². The SMILES string of the molecule is CC(C)C(=O)Nc1nc2c(ncn2C2O[C@H](CO[Si](C)(C)C(C)(C)C)[C@@H](O)C2O[Si](C)(C)C(C)(C)C)c(=O)[nH]1. The topological polar surface area (TPSA) is 141 Å². The molecule has 1 saturated heterocycles. The van der Waals surface area contributed by atoms with E-state index in [1.165, 1.54) is 6.33 Å². The molecular formula is C26H47N5O6Si2. The van der Waals surface area contributed by atoms with Gasteiger partial charge in [-0.25, -0.2) is 4.98 Å². The van der Waals surface area contributed by atoms with Gasteiger partial charge in [0.15, 0.2) is 34.0 Å². The Balaban J connectivity index is 2.03. The Bertz CT molecular complexity index is 1240. The van der Waals surface area contributed by atoms with Gasteiger partial charge in [0.25, 0.3) is 5.56 Å². The molecule has 2 unspecified atom stereocenters. The molecule has 2 aromatic rings. The van der Waals surface area contributed by atoms with Crippen LogP contribution in [0.3, 0.4) is 0 Å². The van der Waals surface area contributed by atoms with Crippen LogP contribution in [-0.4, -0.2) is 72.1 Å². The Morgan fingerprint density at radius 3 is 2.28 bits per heavy atom. The summed E-state index contributed by atoms with van der Waals surface area (Å²) in [6.45, 7) is 25.1. The van der Waals surface area contributed by atoms with Gasteiger partial charge in [0, 0.05) is 5.92 Å². The van der Waals surface area contributed by atoms with E-state index in [-0.39, 0.29) is 45.6 Å². The molecule has 0 saturated carbocycles. The van der Waals surface area contributed by atoms with Crippen LogP contribution >= 0.6 is 0 Å². The summed E-state index contributed by atoms with van der Waals surface area (Å²) in [7, 11) is -4.47. The van der Waals surface area contributed by atoms with E-state index in [1.807, 2.05) is 0 Å². The second-order valence-electron chi connectivity index (χ2n) is 13.9. The molecule has 1 aliphatic heterocycles. The number of anilines is 1. The number of aromatic nitrogens is 4. The molecule has 0 radical (unpaired) electrons. The van der Waals surface area contributed by atoms with Crippen LogP contribution in [0.1, 0.15) is 61.6 Å². The maximum absolute atomic E-state index is 12.8. The molecule has 1 aliphatic rings. The molecule has 1 fully saturated rings. The molecule has 11 nitrogen and oxygen atoms in total. The van der Waals surface area contributed by atoms with E-state index in [4.69, 9.17) is 13.6 Å². The average molecular weight is 582 g/mol. The minimum absolute atomic E-state index is 0.00465. The van der Waals surface area contributed by atoms with Crippen LogP contribution in [0.2, 0.25) is 36.3 Å². The number of hydrogen-bond acceptors (Lipinski definition) is 8. The number of nitrogens with zero attached hydrogens (tertiary/aromatic N) is 3. The van der Waals surface area contributed by atoms with E-state index in [2.05, 4.69) is 88.0 Å². The van der Waals surface area contributed by atoms with E-state index in [0.29, 0.717) is 0 Å². The highest BCUT2D eigenvalue weighted by Crippen LogP contribution is 2.43. The molecule has 4 atom stereocenters. The largest absolute Gasteiger partial charge is 0.414 e. The van der Waals surface area contributed by atoms with Gasteiger partial charge in [0.05, 0.1) is 12.9 Å². The molecule has 3 heterocycles. The van der Waals surface area contributed by atoms with E-state index < -0.39 is 46.7 Å². The van der Waals surface area contributed by atoms with Crippen LogP contribution in [0.5, 0.6) is 0 Å². The average Bonchev–Trinajstić information content (AvgIpc) is 3.32. The summed E-state index contributed by atoms with van der Waals surface area (Å²) in [5.41, 5.74) is -0.163. The monoisotopic (exact) mass is 581 g/mol. The summed E-state index contributed by atoms with van der Waals surface area (Å²) >= 11 is 0. The van der Waals surface area contributed by atoms with Gasteiger partial charge in [-0.1, -0.05) is 55.4 Å². The van der Waals surface area contributed by atoms with Crippen LogP contribution in [0.4, 0.5) is 5.95 Å². The second-order valence-corrected chi connectivity index (χ2v) is 23.4. The Hall–Kier alpha value is -1.91. The van der Waals surface area contributed by atoms with Crippen molar-refractivity contribution in [2.75, 3.05) is 11.9 Å². The predicted molar refractivity (Wildman–Crippen MR) is 157 cm³/mol. The zero-order valence-corrected chi connectivity index (χ0v) is 27.5. The van der Waals surface area contributed by atoms with Gasteiger partial charge in [-0.15, -0.1) is 0 Å². The van der Waals surface area contributed by atoms with Crippen molar-refractivity contribution in [1.29, 1.82) is 0 Å². The smallest absolute Gasteiger partial charge is 0.280 e. The lowest BCUT2D eigenvalue weighted by Gasteiger charge is -2.40. The molecule has 3 rings (SSSR count). The van der Waals surface area contributed by atoms with Crippen LogP contribution in [0.25, 0.3) is 11.2 Å². The number of ether oxygens (including phenoxy) is 1. The van der Waals surface area contributed by atoms with Crippen LogP contribution in [0, 0.1) is 5.92 Å². The number of carbonyl (C=O) groups excluding carboxylic acids is 1. The minimum atomic E-state index is -2.36. The fourth-order valence-corrected chi connectivity index (χ4v) is 5.97. The van der Waals surface area contributed by atoms with Gasteiger partial charge in [-0.05, 0) is 36.3 Å². The highest BCUT2D eigenvalue weighted by molar-refractivity contribution is 6.74. The van der Waals surface area contributed by atoms with Gasteiger partial charge in [-0.3, -0.25) is 24.5 Å². The van der Waals surface area contributed by atoms with Crippen LogP contribution in [0.15, 0.2) is 11.1 Å². The van der Waals surface area contributed by atoms with Gasteiger partial charge in [0.2, 0.25) is 11.9 Å². The van der Waals surface area contributed by atoms with E-state index in [0.717, 1.165) is 0 Å². The number of aliphatic hydroxyl groups excluding tert-OH is 1. The zero-order chi connectivity index (χ0) is 29.7. The number of carbonyl (C=O) groups is 1. The first-order valence-electron chi connectivity index (χ1n) is 13.6. The second kappa shape index (κ2) is 10.8. The number of nitrogens with one attached hydrogen (secondary N) is 2. The normalized spacial score (nSPS) is 23.1. The van der Waals surface area contributed by atoms with Gasteiger partial charge in [0.1, 0.15) is 18.3 Å². The number of aliphatic hydroxyl groups is 1. The zero-order valence-electron chi connectivity index (χ0n) is 25.5. The van der Waals surface area contributed by atoms with E-state index in [9.17, 15) is 14.7 Å². The lowest BCUT2D eigenvalue weighted by atomic mass is 10.1. The lowest BCUT2D eigenvalue weighted by Crippen LogP contribution is -2.49. The molecule has 0 bridgehead atoms. The third-order valence-electron chi connectivity index (χ3n) is 8.44. The first kappa shape index (κ1) is 31.6. The summed E-state index contributed by atoms with van der Waals surface area (Å²) in [6, 6.07) is 0. The Labute approximate surface area is 233 Å². The molecule has 39 heavy (non-hydrogen) atoms. The number of imidazole rings is 1. The number of amides is 1. The molecule has 2 aromatic heterocycles. The minimum Gasteiger partial charge on any atom is -0.414 e. The quantitative estimate of drug-likeness (QED) is 0.390. The summed E-state index contributed by atoms with van der Waals surface area (Å²) < 4.78 is 21.2. The molecular weight excluding hydrogens is 534 g/mol. The standard InChI is InChI=1S/C26H47N5O6Si2/c1-15(2)21(33)29-24-28-20-17(22(34)30-24)27-14-31(20)23-19(37-39(11,12)26(6,7)8)18(32)16(36-23)13-35-38(9,10)25(3,4)5/h14-16,18-19,23,32H,13H2,1-12H3,(H2,28,29,30,33,34)/t16-,18-,19?,23?/m1/s1. The van der Waals surface area contributed by atoms with Crippen molar-refractivity contribution < 1.29 is 23.5 Å². The molecule has 3 N–H and O–H groups in total. The van der Waals surface area contributed by atoms with Crippen molar-refractivity contribution in [1.82, 2.24) is 19.5 Å². The molecule has 0 aliphatic carbocycles. The maximum atomic E-state index is 12.8. The molecule has 1 amide bonds. The van der Waals surface area contributed by atoms with Crippen LogP contribution < -0.4 is 10.9 Å². The first-order chi connectivity index (χ1) is 17.7. The Morgan fingerprint density at radius 1 is 1.15 bits per heavy atom. The van der Waals surface area contributed by atoms with Gasteiger partial charge < -0.3 is 18.7 Å². The lowest BCUT2D eigenvalue weighted by molar-refractivity contribution is -0.118. The Morgan fingerprint density at radius 2 is 1.74 bits per heavy atom. The van der Waals surface area contributed by atoms with Crippen molar-refractivity contribution in [2.45, 2.75) is 116 Å². The predicted octanol–water partition coefficient (Wildman–Crippen LogP) is 4.38. The van der Waals surface area contributed by atoms with Crippen molar-refractivity contribution in [2.24, 2.45) is 5.92 Å². The van der Waals surface area contributed by atoms with Gasteiger partial charge in [-0.2, -0.15) is 4.98 Å². The molecule has 0 spiro atoms. The number of H-pyrrole nitrogens is 1. The summed E-state index contributed by atoms with van der Waals surface area (Å²) in [5, 5.41) is 14.1. The third kappa shape index (κ3) is 6.54. The van der Waals surface area contributed by atoms with Crippen molar-refractivity contribution >= 4 is 39.7 Å². The van der Waals surface area contributed by atoms with Crippen molar-refractivity contribution in [3.05, 3.63) is 16.7 Å². The third-order valence-corrected chi connectivity index (χ3v) is 17.4. The number of rotatable bonds is 8. The number of fused-ring (bicyclic) bond motifs is 1. The number of hydrogen-bond donors (Lipinski definition) is 3. The van der Waals surface area contributed by atoms with Crippen LogP contribution in [-0.2, 0) is 18.4 Å². The first-order valence-corrected chi connectivity index (χ1v) is 19.4. The molecule has 13 heteroatoms. The van der Waals surface area contributed by atoms with Gasteiger partial charge >= 0.3 is 0 Å². The maximum Gasteiger partial charge on any atom is 0.280 e. The highest BCUT2D eigenvalue weighted by atomic mass is 28.4. The fourth-order valence-electron chi connectivity index (χ4n) is 3.66.